The molecule has 0 aliphatic heterocycles. The van der Waals surface area contributed by atoms with E-state index in [-0.39, 0.29) is 23.8 Å². The average molecular weight is 334 g/mol. The number of hydrogen-bond donors (Lipinski definition) is 1. The molecule has 3 aromatic rings. The quantitative estimate of drug-likeness (QED) is 0.738. The summed E-state index contributed by atoms with van der Waals surface area (Å²) in [6.07, 6.45) is 0. The summed E-state index contributed by atoms with van der Waals surface area (Å²) in [4.78, 5) is 12.1. The van der Waals surface area contributed by atoms with Gasteiger partial charge < -0.3 is 14.4 Å². The van der Waals surface area contributed by atoms with Crippen molar-refractivity contribution in [2.45, 2.75) is 6.54 Å². The molecule has 0 saturated carbocycles. The summed E-state index contributed by atoms with van der Waals surface area (Å²) in [5, 5.41) is 11.3. The molecule has 2 aromatic carbocycles. The molecule has 0 saturated heterocycles. The number of halogens is 2. The Kier molecular flexibility index (Phi) is 3.96. The highest BCUT2D eigenvalue weighted by atomic mass is 35.5. The Balaban J connectivity index is 2.20. The van der Waals surface area contributed by atoms with E-state index in [0.29, 0.717) is 15.9 Å². The van der Waals surface area contributed by atoms with Crippen LogP contribution in [0.2, 0.25) is 5.02 Å². The van der Waals surface area contributed by atoms with Crippen LogP contribution in [0.3, 0.4) is 0 Å². The Labute approximate surface area is 136 Å². The zero-order valence-corrected chi connectivity index (χ0v) is 13.0. The smallest absolute Gasteiger partial charge is 0.358 e. The number of benzene rings is 2. The number of hydrogen-bond acceptors (Lipinski definition) is 3. The maximum absolute atomic E-state index is 13.1. The largest absolute Gasteiger partial charge is 0.505 e. The molecule has 0 spiro atoms. The van der Waals surface area contributed by atoms with Gasteiger partial charge in [-0.2, -0.15) is 0 Å². The van der Waals surface area contributed by atoms with E-state index in [1.807, 2.05) is 0 Å². The van der Waals surface area contributed by atoms with E-state index >= 15 is 0 Å². The number of aromatic nitrogens is 1. The molecular formula is C17H13ClFNO3. The molecule has 0 unspecified atom stereocenters. The molecule has 0 fully saturated rings. The molecule has 1 N–H and O–H groups in total. The minimum atomic E-state index is -0.656. The van der Waals surface area contributed by atoms with Crippen molar-refractivity contribution in [3.05, 3.63) is 64.6 Å². The number of esters is 1. The van der Waals surface area contributed by atoms with E-state index in [0.717, 1.165) is 5.56 Å². The second kappa shape index (κ2) is 5.93. The van der Waals surface area contributed by atoms with Crippen LogP contribution in [-0.4, -0.2) is 22.8 Å². The first-order chi connectivity index (χ1) is 11.0. The number of methoxy groups -OCH3 is 1. The van der Waals surface area contributed by atoms with Crippen molar-refractivity contribution in [2.75, 3.05) is 7.11 Å². The van der Waals surface area contributed by atoms with Crippen molar-refractivity contribution >= 4 is 28.5 Å². The lowest BCUT2D eigenvalue weighted by Crippen LogP contribution is -2.11. The standard InChI is InChI=1S/C17H13ClFNO3/c1-23-17(22)15-16(21)13-8-11(18)4-7-14(13)20(15)9-10-2-5-12(19)6-3-10/h2-8,21H,9H2,1H3. The van der Waals surface area contributed by atoms with Gasteiger partial charge in [0.2, 0.25) is 0 Å². The second-order valence-corrected chi connectivity index (χ2v) is 5.50. The molecule has 0 amide bonds. The predicted octanol–water partition coefficient (Wildman–Crippen LogP) is 3.97. The lowest BCUT2D eigenvalue weighted by atomic mass is 10.2. The highest BCUT2D eigenvalue weighted by Gasteiger charge is 2.23. The van der Waals surface area contributed by atoms with Crippen LogP contribution in [0.4, 0.5) is 4.39 Å². The highest BCUT2D eigenvalue weighted by Crippen LogP contribution is 2.35. The maximum Gasteiger partial charge on any atom is 0.358 e. The fraction of sp³-hybridized carbons (Fsp3) is 0.118. The number of nitrogens with zero attached hydrogens (tertiary/aromatic N) is 1. The molecular weight excluding hydrogens is 321 g/mol. The first kappa shape index (κ1) is 15.4. The van der Waals surface area contributed by atoms with Crippen molar-refractivity contribution < 1.29 is 19.0 Å². The number of fused-ring (bicyclic) bond motifs is 1. The van der Waals surface area contributed by atoms with Crippen molar-refractivity contribution in [1.29, 1.82) is 0 Å². The molecule has 0 bridgehead atoms. The molecule has 3 rings (SSSR count). The van der Waals surface area contributed by atoms with Gasteiger partial charge in [-0.1, -0.05) is 23.7 Å². The number of rotatable bonds is 3. The Bertz CT molecular complexity index is 887. The summed E-state index contributed by atoms with van der Waals surface area (Å²) >= 11 is 5.97. The van der Waals surface area contributed by atoms with Crippen molar-refractivity contribution in [3.8, 4) is 5.75 Å². The van der Waals surface area contributed by atoms with Crippen LogP contribution < -0.4 is 0 Å². The van der Waals surface area contributed by atoms with Gasteiger partial charge in [-0.25, -0.2) is 9.18 Å². The van der Waals surface area contributed by atoms with Crippen LogP contribution in [0.1, 0.15) is 16.1 Å². The van der Waals surface area contributed by atoms with Gasteiger partial charge in [0.1, 0.15) is 5.82 Å². The summed E-state index contributed by atoms with van der Waals surface area (Å²) in [6, 6.07) is 10.9. The molecule has 4 nitrogen and oxygen atoms in total. The summed E-state index contributed by atoms with van der Waals surface area (Å²) < 4.78 is 19.4. The van der Waals surface area contributed by atoms with E-state index in [1.165, 1.54) is 19.2 Å². The van der Waals surface area contributed by atoms with E-state index in [2.05, 4.69) is 0 Å². The normalized spacial score (nSPS) is 10.9. The molecule has 0 aliphatic carbocycles. The van der Waals surface area contributed by atoms with Gasteiger partial charge in [-0.15, -0.1) is 0 Å². The zero-order valence-electron chi connectivity index (χ0n) is 12.2. The third-order valence-electron chi connectivity index (χ3n) is 3.63. The lowest BCUT2D eigenvalue weighted by Gasteiger charge is -2.09. The number of ether oxygens (including phenoxy) is 1. The Morgan fingerprint density at radius 1 is 1.26 bits per heavy atom. The maximum atomic E-state index is 13.1. The lowest BCUT2D eigenvalue weighted by molar-refractivity contribution is 0.0586. The molecule has 0 aliphatic rings. The Hall–Kier alpha value is -2.53. The van der Waals surface area contributed by atoms with Gasteiger partial charge in [0, 0.05) is 17.0 Å². The van der Waals surface area contributed by atoms with Crippen LogP contribution in [0.5, 0.6) is 5.75 Å². The SMILES string of the molecule is COC(=O)c1c(O)c2cc(Cl)ccc2n1Cc1ccc(F)cc1. The van der Waals surface area contributed by atoms with Crippen LogP contribution >= 0.6 is 11.6 Å². The second-order valence-electron chi connectivity index (χ2n) is 5.06. The predicted molar refractivity (Wildman–Crippen MR) is 85.5 cm³/mol. The average Bonchev–Trinajstić information content (AvgIpc) is 2.81. The first-order valence-electron chi connectivity index (χ1n) is 6.84. The van der Waals surface area contributed by atoms with Gasteiger partial charge in [0.15, 0.2) is 11.4 Å². The minimum absolute atomic E-state index is 0.0362. The third-order valence-corrected chi connectivity index (χ3v) is 3.87. The fourth-order valence-corrected chi connectivity index (χ4v) is 2.72. The molecule has 0 atom stereocenters. The van der Waals surface area contributed by atoms with Crippen LogP contribution in [-0.2, 0) is 11.3 Å². The van der Waals surface area contributed by atoms with E-state index in [9.17, 15) is 14.3 Å². The van der Waals surface area contributed by atoms with Gasteiger partial charge >= 0.3 is 5.97 Å². The molecule has 118 valence electrons. The van der Waals surface area contributed by atoms with Gasteiger partial charge in [0.05, 0.1) is 12.6 Å². The van der Waals surface area contributed by atoms with E-state index in [1.54, 1.807) is 34.9 Å². The molecule has 23 heavy (non-hydrogen) atoms. The number of carbonyl (C=O) groups excluding carboxylic acids is 1. The first-order valence-corrected chi connectivity index (χ1v) is 7.22. The van der Waals surface area contributed by atoms with Crippen molar-refractivity contribution in [2.24, 2.45) is 0 Å². The topological polar surface area (TPSA) is 51.5 Å². The van der Waals surface area contributed by atoms with Crippen molar-refractivity contribution in [3.63, 3.8) is 0 Å². The summed E-state index contributed by atoms with van der Waals surface area (Å²) in [5.41, 5.74) is 1.45. The van der Waals surface area contributed by atoms with Gasteiger partial charge in [0.25, 0.3) is 0 Å². The third kappa shape index (κ3) is 2.75. The molecule has 1 heterocycles. The minimum Gasteiger partial charge on any atom is -0.505 e. The molecule has 0 radical (unpaired) electrons. The number of aromatic hydroxyl groups is 1. The summed E-state index contributed by atoms with van der Waals surface area (Å²) in [5.74, 6) is -1.18. The van der Waals surface area contributed by atoms with Crippen LogP contribution in [0.25, 0.3) is 10.9 Å². The highest BCUT2D eigenvalue weighted by molar-refractivity contribution is 6.31. The summed E-state index contributed by atoms with van der Waals surface area (Å²) in [7, 11) is 1.24. The zero-order chi connectivity index (χ0) is 16.6. The summed E-state index contributed by atoms with van der Waals surface area (Å²) in [6.45, 7) is 0.281. The van der Waals surface area contributed by atoms with E-state index < -0.39 is 5.97 Å². The van der Waals surface area contributed by atoms with Crippen molar-refractivity contribution in [1.82, 2.24) is 4.57 Å². The molecule has 1 aromatic heterocycles. The molecule has 6 heteroatoms. The monoisotopic (exact) mass is 333 g/mol. The number of carbonyl (C=O) groups is 1. The fourth-order valence-electron chi connectivity index (χ4n) is 2.55. The Morgan fingerprint density at radius 3 is 2.61 bits per heavy atom. The van der Waals surface area contributed by atoms with E-state index in [4.69, 9.17) is 16.3 Å². The van der Waals surface area contributed by atoms with Gasteiger partial charge in [-0.3, -0.25) is 0 Å². The van der Waals surface area contributed by atoms with Crippen LogP contribution in [0, 0.1) is 5.82 Å². The Morgan fingerprint density at radius 2 is 1.96 bits per heavy atom. The van der Waals surface area contributed by atoms with Gasteiger partial charge in [-0.05, 0) is 35.9 Å². The van der Waals surface area contributed by atoms with Crippen LogP contribution in [0.15, 0.2) is 42.5 Å².